The molecular formula is C16H23N3O. The minimum absolute atomic E-state index is 0.722. The lowest BCUT2D eigenvalue weighted by Gasteiger charge is -2.07. The van der Waals surface area contributed by atoms with Gasteiger partial charge in [-0.15, -0.1) is 6.58 Å². The summed E-state index contributed by atoms with van der Waals surface area (Å²) in [5.74, 6) is 1.08. The van der Waals surface area contributed by atoms with E-state index in [-0.39, 0.29) is 0 Å². The zero-order valence-electron chi connectivity index (χ0n) is 12.1. The monoisotopic (exact) mass is 273 g/mol. The van der Waals surface area contributed by atoms with Gasteiger partial charge in [0.1, 0.15) is 5.82 Å². The van der Waals surface area contributed by atoms with Gasteiger partial charge in [0.15, 0.2) is 0 Å². The van der Waals surface area contributed by atoms with E-state index >= 15 is 0 Å². The van der Waals surface area contributed by atoms with Gasteiger partial charge in [-0.1, -0.05) is 18.2 Å². The standard InChI is InChI=1S/C16H23N3O/c1-3-5-11-20-12-10-17-13-16-18-14-8-6-7-9-15(14)19(16)4-2/h3,6-9,17H,1,4-5,10-13H2,2H3. The van der Waals surface area contributed by atoms with Crippen molar-refractivity contribution in [3.8, 4) is 0 Å². The second-order valence-electron chi connectivity index (χ2n) is 4.63. The molecule has 108 valence electrons. The molecule has 4 heteroatoms. The Hall–Kier alpha value is -1.65. The van der Waals surface area contributed by atoms with Gasteiger partial charge in [0.25, 0.3) is 0 Å². The Balaban J connectivity index is 1.85. The van der Waals surface area contributed by atoms with E-state index in [1.54, 1.807) is 0 Å². The zero-order chi connectivity index (χ0) is 14.2. The van der Waals surface area contributed by atoms with Gasteiger partial charge >= 0.3 is 0 Å². The highest BCUT2D eigenvalue weighted by atomic mass is 16.5. The summed E-state index contributed by atoms with van der Waals surface area (Å²) in [5.41, 5.74) is 2.27. The summed E-state index contributed by atoms with van der Waals surface area (Å²) in [4.78, 5) is 4.68. The van der Waals surface area contributed by atoms with Gasteiger partial charge in [0.05, 0.1) is 30.8 Å². The summed E-state index contributed by atoms with van der Waals surface area (Å²) in [6.45, 7) is 9.83. The van der Waals surface area contributed by atoms with Crippen LogP contribution in [-0.2, 0) is 17.8 Å². The lowest BCUT2D eigenvalue weighted by atomic mass is 10.3. The second kappa shape index (κ2) is 7.82. The van der Waals surface area contributed by atoms with E-state index in [2.05, 4.69) is 46.6 Å². The SMILES string of the molecule is C=CCCOCCNCc1nc2ccccc2n1CC. The van der Waals surface area contributed by atoms with E-state index < -0.39 is 0 Å². The van der Waals surface area contributed by atoms with Crippen LogP contribution in [0.2, 0.25) is 0 Å². The van der Waals surface area contributed by atoms with Crippen molar-refractivity contribution < 1.29 is 4.74 Å². The number of para-hydroxylation sites is 2. The molecule has 0 aliphatic heterocycles. The Morgan fingerprint density at radius 3 is 3.00 bits per heavy atom. The number of aromatic nitrogens is 2. The van der Waals surface area contributed by atoms with Crippen molar-refractivity contribution in [3.63, 3.8) is 0 Å². The maximum atomic E-state index is 5.47. The van der Waals surface area contributed by atoms with Crippen molar-refractivity contribution in [2.45, 2.75) is 26.4 Å². The highest BCUT2D eigenvalue weighted by molar-refractivity contribution is 5.75. The Kier molecular flexibility index (Phi) is 5.77. The van der Waals surface area contributed by atoms with Crippen molar-refractivity contribution in [3.05, 3.63) is 42.7 Å². The van der Waals surface area contributed by atoms with Crippen LogP contribution in [0.1, 0.15) is 19.2 Å². The molecule has 0 spiro atoms. The molecule has 2 rings (SSSR count). The lowest BCUT2D eigenvalue weighted by Crippen LogP contribution is -2.21. The molecule has 0 saturated carbocycles. The zero-order valence-corrected chi connectivity index (χ0v) is 12.1. The number of hydrogen-bond donors (Lipinski definition) is 1. The third-order valence-corrected chi connectivity index (χ3v) is 3.22. The van der Waals surface area contributed by atoms with Crippen LogP contribution in [0.5, 0.6) is 0 Å². The summed E-state index contributed by atoms with van der Waals surface area (Å²) < 4.78 is 7.72. The Morgan fingerprint density at radius 1 is 1.35 bits per heavy atom. The smallest absolute Gasteiger partial charge is 0.123 e. The van der Waals surface area contributed by atoms with Gasteiger partial charge in [0, 0.05) is 13.1 Å². The van der Waals surface area contributed by atoms with Gasteiger partial charge in [-0.2, -0.15) is 0 Å². The Bertz CT molecular complexity index is 548. The first-order chi connectivity index (χ1) is 9.86. The summed E-state index contributed by atoms with van der Waals surface area (Å²) >= 11 is 0. The maximum Gasteiger partial charge on any atom is 0.123 e. The topological polar surface area (TPSA) is 39.1 Å². The number of ether oxygens (including phenoxy) is 1. The van der Waals surface area contributed by atoms with Gasteiger partial charge in [-0.05, 0) is 25.5 Å². The number of nitrogens with one attached hydrogen (secondary N) is 1. The number of hydrogen-bond acceptors (Lipinski definition) is 3. The normalized spacial score (nSPS) is 11.1. The minimum Gasteiger partial charge on any atom is -0.380 e. The van der Waals surface area contributed by atoms with E-state index in [9.17, 15) is 0 Å². The van der Waals surface area contributed by atoms with E-state index in [0.29, 0.717) is 0 Å². The molecule has 1 heterocycles. The average molecular weight is 273 g/mol. The third-order valence-electron chi connectivity index (χ3n) is 3.22. The number of imidazole rings is 1. The quantitative estimate of drug-likeness (QED) is 0.564. The van der Waals surface area contributed by atoms with E-state index in [1.165, 1.54) is 5.52 Å². The first-order valence-electron chi connectivity index (χ1n) is 7.20. The van der Waals surface area contributed by atoms with Crippen LogP contribution in [-0.4, -0.2) is 29.3 Å². The third kappa shape index (κ3) is 3.68. The van der Waals surface area contributed by atoms with Crippen molar-refractivity contribution >= 4 is 11.0 Å². The van der Waals surface area contributed by atoms with Gasteiger partial charge in [-0.3, -0.25) is 0 Å². The number of aryl methyl sites for hydroxylation is 1. The van der Waals surface area contributed by atoms with Crippen molar-refractivity contribution in [2.24, 2.45) is 0 Å². The average Bonchev–Trinajstić information content (AvgIpc) is 2.83. The first-order valence-corrected chi connectivity index (χ1v) is 7.20. The minimum atomic E-state index is 0.722. The molecule has 0 unspecified atom stereocenters. The van der Waals surface area contributed by atoms with Gasteiger partial charge < -0.3 is 14.6 Å². The van der Waals surface area contributed by atoms with Crippen LogP contribution < -0.4 is 5.32 Å². The molecule has 0 radical (unpaired) electrons. The van der Waals surface area contributed by atoms with E-state index in [4.69, 9.17) is 4.74 Å². The molecule has 0 saturated heterocycles. The molecular weight excluding hydrogens is 250 g/mol. The van der Waals surface area contributed by atoms with Crippen molar-refractivity contribution in [2.75, 3.05) is 19.8 Å². The second-order valence-corrected chi connectivity index (χ2v) is 4.63. The number of benzene rings is 1. The van der Waals surface area contributed by atoms with E-state index in [1.807, 2.05) is 12.1 Å². The lowest BCUT2D eigenvalue weighted by molar-refractivity contribution is 0.140. The molecule has 4 nitrogen and oxygen atoms in total. The highest BCUT2D eigenvalue weighted by Gasteiger charge is 2.07. The fourth-order valence-corrected chi connectivity index (χ4v) is 2.23. The molecule has 20 heavy (non-hydrogen) atoms. The van der Waals surface area contributed by atoms with Crippen LogP contribution in [0.4, 0.5) is 0 Å². The largest absolute Gasteiger partial charge is 0.380 e. The van der Waals surface area contributed by atoms with Crippen LogP contribution in [0.25, 0.3) is 11.0 Å². The van der Waals surface area contributed by atoms with Gasteiger partial charge in [-0.25, -0.2) is 4.98 Å². The molecule has 0 aliphatic rings. The molecule has 0 amide bonds. The van der Waals surface area contributed by atoms with E-state index in [0.717, 1.165) is 50.6 Å². The predicted molar refractivity (Wildman–Crippen MR) is 82.7 cm³/mol. The maximum absolute atomic E-state index is 5.47. The summed E-state index contributed by atoms with van der Waals surface area (Å²) in [5, 5.41) is 3.38. The van der Waals surface area contributed by atoms with Crippen molar-refractivity contribution in [1.29, 1.82) is 0 Å². The van der Waals surface area contributed by atoms with Crippen molar-refractivity contribution in [1.82, 2.24) is 14.9 Å². The molecule has 0 atom stereocenters. The summed E-state index contributed by atoms with van der Waals surface area (Å²) in [6, 6.07) is 8.26. The first kappa shape index (κ1) is 14.8. The molecule has 2 aromatic rings. The molecule has 1 N–H and O–H groups in total. The molecule has 0 fully saturated rings. The molecule has 1 aromatic heterocycles. The van der Waals surface area contributed by atoms with Gasteiger partial charge in [0.2, 0.25) is 0 Å². The number of nitrogens with zero attached hydrogens (tertiary/aromatic N) is 2. The van der Waals surface area contributed by atoms with Crippen LogP contribution in [0.15, 0.2) is 36.9 Å². The fourth-order valence-electron chi connectivity index (χ4n) is 2.23. The Labute approximate surface area is 120 Å². The van der Waals surface area contributed by atoms with Crippen LogP contribution >= 0.6 is 0 Å². The highest BCUT2D eigenvalue weighted by Crippen LogP contribution is 2.15. The van der Waals surface area contributed by atoms with Crippen LogP contribution in [0, 0.1) is 0 Å². The predicted octanol–water partition coefficient (Wildman–Crippen LogP) is 2.74. The number of rotatable bonds is 9. The molecule has 0 aliphatic carbocycles. The Morgan fingerprint density at radius 2 is 2.20 bits per heavy atom. The summed E-state index contributed by atoms with van der Waals surface area (Å²) in [6.07, 6.45) is 2.78. The fraction of sp³-hybridized carbons (Fsp3) is 0.438. The molecule has 0 bridgehead atoms. The summed E-state index contributed by atoms with van der Waals surface area (Å²) in [7, 11) is 0. The number of fused-ring (bicyclic) bond motifs is 1. The molecule has 1 aromatic carbocycles. The van der Waals surface area contributed by atoms with Crippen LogP contribution in [0.3, 0.4) is 0 Å².